The predicted molar refractivity (Wildman–Crippen MR) is 133 cm³/mol. The molecule has 7 heteroatoms. The maximum atomic E-state index is 12.6. The summed E-state index contributed by atoms with van der Waals surface area (Å²) in [6.07, 6.45) is 0.413. The van der Waals surface area contributed by atoms with Crippen molar-refractivity contribution in [2.45, 2.75) is 6.42 Å². The van der Waals surface area contributed by atoms with Gasteiger partial charge in [-0.15, -0.1) is 11.3 Å². The van der Waals surface area contributed by atoms with Gasteiger partial charge in [0.2, 0.25) is 11.7 Å². The van der Waals surface area contributed by atoms with Gasteiger partial charge in [-0.2, -0.15) is 4.98 Å². The Labute approximate surface area is 200 Å². The van der Waals surface area contributed by atoms with Crippen molar-refractivity contribution in [2.75, 3.05) is 11.9 Å². The third-order valence-corrected chi connectivity index (χ3v) is 6.04. The van der Waals surface area contributed by atoms with E-state index in [1.807, 2.05) is 84.2 Å². The first-order valence-electron chi connectivity index (χ1n) is 10.8. The Morgan fingerprint density at radius 2 is 1.65 bits per heavy atom. The summed E-state index contributed by atoms with van der Waals surface area (Å²) in [5.41, 5.74) is 3.79. The number of benzene rings is 3. The molecular formula is C27H21N3O3S. The summed E-state index contributed by atoms with van der Waals surface area (Å²) in [4.78, 5) is 18.0. The van der Waals surface area contributed by atoms with E-state index in [1.54, 1.807) is 11.3 Å². The zero-order chi connectivity index (χ0) is 23.2. The molecule has 0 saturated carbocycles. The van der Waals surface area contributed by atoms with E-state index in [-0.39, 0.29) is 12.5 Å². The van der Waals surface area contributed by atoms with Crippen LogP contribution in [0.2, 0.25) is 0 Å². The second-order valence-corrected chi connectivity index (χ2v) is 8.50. The minimum atomic E-state index is -0.246. The molecule has 0 aliphatic carbocycles. The average molecular weight is 468 g/mol. The van der Waals surface area contributed by atoms with Crippen molar-refractivity contribution < 1.29 is 14.1 Å². The Balaban J connectivity index is 1.19. The number of thiophene rings is 1. The van der Waals surface area contributed by atoms with Crippen LogP contribution in [0.3, 0.4) is 0 Å². The summed E-state index contributed by atoms with van der Waals surface area (Å²) in [6.45, 7) is -0.0951. The highest BCUT2D eigenvalue weighted by Crippen LogP contribution is 2.24. The number of para-hydroxylation sites is 1. The molecule has 2 aromatic heterocycles. The van der Waals surface area contributed by atoms with Crippen molar-refractivity contribution >= 4 is 22.9 Å². The van der Waals surface area contributed by atoms with E-state index in [9.17, 15) is 4.79 Å². The second kappa shape index (κ2) is 10.1. The van der Waals surface area contributed by atoms with Gasteiger partial charge in [0.15, 0.2) is 6.61 Å². The monoisotopic (exact) mass is 467 g/mol. The fraction of sp³-hybridized carbons (Fsp3) is 0.0741. The molecule has 0 atom stereocenters. The summed E-state index contributed by atoms with van der Waals surface area (Å²) in [6, 6.07) is 29.2. The number of hydrogen-bond acceptors (Lipinski definition) is 6. The van der Waals surface area contributed by atoms with Crippen LogP contribution in [0.4, 0.5) is 5.69 Å². The van der Waals surface area contributed by atoms with E-state index in [0.29, 0.717) is 29.6 Å². The zero-order valence-electron chi connectivity index (χ0n) is 18.2. The molecule has 1 N–H and O–H groups in total. The van der Waals surface area contributed by atoms with Gasteiger partial charge in [-0.25, -0.2) is 0 Å². The number of rotatable bonds is 8. The number of anilines is 1. The number of nitrogens with one attached hydrogen (secondary N) is 1. The van der Waals surface area contributed by atoms with Gasteiger partial charge in [0.1, 0.15) is 5.75 Å². The molecule has 5 aromatic rings. The first kappa shape index (κ1) is 21.6. The average Bonchev–Trinajstić information content (AvgIpc) is 3.57. The summed E-state index contributed by atoms with van der Waals surface area (Å²) < 4.78 is 11.1. The zero-order valence-corrected chi connectivity index (χ0v) is 19.0. The van der Waals surface area contributed by atoms with E-state index in [1.165, 1.54) is 0 Å². The quantitative estimate of drug-likeness (QED) is 0.300. The van der Waals surface area contributed by atoms with Crippen molar-refractivity contribution in [2.24, 2.45) is 0 Å². The Morgan fingerprint density at radius 3 is 2.44 bits per heavy atom. The Kier molecular flexibility index (Phi) is 6.45. The highest BCUT2D eigenvalue weighted by atomic mass is 32.1. The summed E-state index contributed by atoms with van der Waals surface area (Å²) in [5, 5.41) is 8.94. The van der Waals surface area contributed by atoms with Crippen molar-refractivity contribution in [1.82, 2.24) is 10.1 Å². The number of nitrogens with zero attached hydrogens (tertiary/aromatic N) is 2. The smallest absolute Gasteiger partial charge is 0.262 e. The number of aromatic nitrogens is 2. The van der Waals surface area contributed by atoms with Gasteiger partial charge >= 0.3 is 0 Å². The molecule has 5 rings (SSSR count). The fourth-order valence-corrected chi connectivity index (χ4v) is 4.15. The Morgan fingerprint density at radius 1 is 0.882 bits per heavy atom. The standard InChI is InChI=1S/C27H21N3O3S/c31-25(18-32-22-14-12-20(13-15-22)19-7-2-1-3-8-19)28-23-10-5-4-9-21(23)17-26-29-27(30-33-26)24-11-6-16-34-24/h1-16H,17-18H2,(H,28,31). The summed E-state index contributed by atoms with van der Waals surface area (Å²) in [7, 11) is 0. The van der Waals surface area contributed by atoms with Crippen LogP contribution in [0, 0.1) is 0 Å². The van der Waals surface area contributed by atoms with Gasteiger partial charge in [-0.05, 0) is 46.3 Å². The van der Waals surface area contributed by atoms with Crippen molar-refractivity contribution in [1.29, 1.82) is 0 Å². The second-order valence-electron chi connectivity index (χ2n) is 7.55. The molecule has 3 aromatic carbocycles. The van der Waals surface area contributed by atoms with Gasteiger partial charge < -0.3 is 14.6 Å². The lowest BCUT2D eigenvalue weighted by Gasteiger charge is -2.11. The summed E-state index contributed by atoms with van der Waals surface area (Å²) >= 11 is 1.55. The maximum Gasteiger partial charge on any atom is 0.262 e. The van der Waals surface area contributed by atoms with Gasteiger partial charge in [0.05, 0.1) is 11.3 Å². The molecule has 168 valence electrons. The number of carbonyl (C=O) groups is 1. The molecule has 0 bridgehead atoms. The number of ether oxygens (including phenoxy) is 1. The van der Waals surface area contributed by atoms with E-state index < -0.39 is 0 Å². The van der Waals surface area contributed by atoms with Gasteiger partial charge in [0, 0.05) is 5.69 Å². The predicted octanol–water partition coefficient (Wildman–Crippen LogP) is 6.07. The van der Waals surface area contributed by atoms with Crippen molar-refractivity contribution in [3.8, 4) is 27.6 Å². The lowest BCUT2D eigenvalue weighted by atomic mass is 10.1. The third-order valence-electron chi connectivity index (χ3n) is 5.17. The lowest BCUT2D eigenvalue weighted by molar-refractivity contribution is -0.118. The van der Waals surface area contributed by atoms with Crippen LogP contribution in [0.25, 0.3) is 21.8 Å². The lowest BCUT2D eigenvalue weighted by Crippen LogP contribution is -2.21. The maximum absolute atomic E-state index is 12.6. The molecule has 0 fully saturated rings. The third kappa shape index (κ3) is 5.22. The van der Waals surface area contributed by atoms with Gasteiger partial charge in [-0.1, -0.05) is 71.9 Å². The number of hydrogen-bond donors (Lipinski definition) is 1. The highest BCUT2D eigenvalue weighted by molar-refractivity contribution is 7.13. The molecule has 0 aliphatic heterocycles. The van der Waals surface area contributed by atoms with Crippen molar-refractivity contribution in [3.05, 3.63) is 108 Å². The summed E-state index contributed by atoms with van der Waals surface area (Å²) in [5.74, 6) is 1.44. The molecule has 6 nitrogen and oxygen atoms in total. The molecule has 0 spiro atoms. The van der Waals surface area contributed by atoms with Gasteiger partial charge in [0.25, 0.3) is 5.91 Å². The van der Waals surface area contributed by atoms with Crippen molar-refractivity contribution in [3.63, 3.8) is 0 Å². The largest absolute Gasteiger partial charge is 0.484 e. The van der Waals surface area contributed by atoms with E-state index in [0.717, 1.165) is 21.6 Å². The van der Waals surface area contributed by atoms with Crippen LogP contribution in [-0.2, 0) is 11.2 Å². The van der Waals surface area contributed by atoms with E-state index >= 15 is 0 Å². The van der Waals surface area contributed by atoms with Crippen LogP contribution < -0.4 is 10.1 Å². The molecule has 0 unspecified atom stereocenters. The fourth-order valence-electron chi connectivity index (χ4n) is 3.50. The highest BCUT2D eigenvalue weighted by Gasteiger charge is 2.13. The molecule has 1 amide bonds. The van der Waals surface area contributed by atoms with Crippen LogP contribution in [0.1, 0.15) is 11.5 Å². The number of amides is 1. The van der Waals surface area contributed by atoms with Crippen LogP contribution in [-0.4, -0.2) is 22.7 Å². The van der Waals surface area contributed by atoms with Crippen LogP contribution in [0.5, 0.6) is 5.75 Å². The molecule has 0 aliphatic rings. The number of carbonyl (C=O) groups excluding carboxylic acids is 1. The molecule has 2 heterocycles. The Bertz CT molecular complexity index is 1360. The molecule has 0 radical (unpaired) electrons. The minimum Gasteiger partial charge on any atom is -0.484 e. The molecule has 34 heavy (non-hydrogen) atoms. The molecule has 0 saturated heterocycles. The normalized spacial score (nSPS) is 10.7. The van der Waals surface area contributed by atoms with Crippen LogP contribution in [0.15, 0.2) is 101 Å². The Hall–Kier alpha value is -4.23. The molecular weight excluding hydrogens is 446 g/mol. The SMILES string of the molecule is O=C(COc1ccc(-c2ccccc2)cc1)Nc1ccccc1Cc1nc(-c2cccs2)no1. The van der Waals surface area contributed by atoms with Crippen LogP contribution >= 0.6 is 11.3 Å². The van der Waals surface area contributed by atoms with E-state index in [2.05, 4.69) is 27.6 Å². The topological polar surface area (TPSA) is 77.2 Å². The first-order chi connectivity index (χ1) is 16.7. The van der Waals surface area contributed by atoms with Gasteiger partial charge in [-0.3, -0.25) is 4.79 Å². The minimum absolute atomic E-state index is 0.0951. The first-order valence-corrected chi connectivity index (χ1v) is 11.6. The van der Waals surface area contributed by atoms with E-state index in [4.69, 9.17) is 9.26 Å².